The van der Waals surface area contributed by atoms with Crippen molar-refractivity contribution in [2.75, 3.05) is 26.7 Å². The summed E-state index contributed by atoms with van der Waals surface area (Å²) in [7, 11) is 1.98. The number of amides is 3. The number of urea groups is 1. The molecule has 1 atom stereocenters. The Bertz CT molecular complexity index is 369. The third-order valence-corrected chi connectivity index (χ3v) is 4.53. The van der Waals surface area contributed by atoms with Gasteiger partial charge in [0, 0.05) is 6.04 Å². The van der Waals surface area contributed by atoms with Crippen LogP contribution in [0, 0.1) is 5.92 Å². The molecule has 1 aliphatic heterocycles. The summed E-state index contributed by atoms with van der Waals surface area (Å²) >= 11 is 0. The van der Waals surface area contributed by atoms with Gasteiger partial charge in [-0.1, -0.05) is 0 Å². The summed E-state index contributed by atoms with van der Waals surface area (Å²) in [6.45, 7) is 4.82. The van der Waals surface area contributed by atoms with E-state index in [9.17, 15) is 9.59 Å². The minimum absolute atomic E-state index is 0. The van der Waals surface area contributed by atoms with Gasteiger partial charge in [0.05, 0.1) is 6.04 Å². The Morgan fingerprint density at radius 1 is 1.18 bits per heavy atom. The summed E-state index contributed by atoms with van der Waals surface area (Å²) in [6.07, 6.45) is 5.52. The summed E-state index contributed by atoms with van der Waals surface area (Å²) in [6, 6.07) is -0.311. The summed E-state index contributed by atoms with van der Waals surface area (Å²) in [5.74, 6) is 0.559. The molecule has 2 fully saturated rings. The molecule has 0 spiro atoms. The molecule has 3 amide bonds. The molecule has 1 saturated carbocycles. The smallest absolute Gasteiger partial charge is 0.321 e. The van der Waals surface area contributed by atoms with Gasteiger partial charge in [0.15, 0.2) is 0 Å². The molecule has 0 aromatic heterocycles. The fraction of sp³-hybridized carbons (Fsp3) is 0.867. The van der Waals surface area contributed by atoms with Crippen molar-refractivity contribution in [2.24, 2.45) is 5.92 Å². The maximum Gasteiger partial charge on any atom is 0.321 e. The first-order valence-electron chi connectivity index (χ1n) is 8.10. The fourth-order valence-corrected chi connectivity index (χ4v) is 2.81. The first-order valence-corrected chi connectivity index (χ1v) is 8.10. The zero-order chi connectivity index (χ0) is 15.2. The Labute approximate surface area is 139 Å². The van der Waals surface area contributed by atoms with Gasteiger partial charge >= 0.3 is 6.03 Å². The topological polar surface area (TPSA) is 73.5 Å². The van der Waals surface area contributed by atoms with E-state index in [4.69, 9.17) is 0 Å². The molecule has 0 aromatic rings. The number of rotatable bonds is 6. The van der Waals surface area contributed by atoms with Gasteiger partial charge in [0.25, 0.3) is 0 Å². The number of piperidine rings is 1. The van der Waals surface area contributed by atoms with Gasteiger partial charge in [-0.05, 0) is 71.6 Å². The predicted octanol–water partition coefficient (Wildman–Crippen LogP) is 1.11. The lowest BCUT2D eigenvalue weighted by molar-refractivity contribution is -0.125. The predicted molar refractivity (Wildman–Crippen MR) is 89.2 cm³/mol. The Morgan fingerprint density at radius 2 is 1.82 bits per heavy atom. The largest absolute Gasteiger partial charge is 0.335 e. The summed E-state index contributed by atoms with van der Waals surface area (Å²) < 4.78 is 0. The molecular formula is C15H29ClN4O2. The van der Waals surface area contributed by atoms with Crippen LogP contribution in [0.15, 0.2) is 0 Å². The molecule has 0 bridgehead atoms. The van der Waals surface area contributed by atoms with E-state index >= 15 is 0 Å². The van der Waals surface area contributed by atoms with Crippen molar-refractivity contribution < 1.29 is 9.59 Å². The number of hydrogen-bond acceptors (Lipinski definition) is 4. The number of likely N-dealkylation sites (tertiary alicyclic amines) is 1. The molecule has 3 N–H and O–H groups in total. The monoisotopic (exact) mass is 332 g/mol. The van der Waals surface area contributed by atoms with E-state index < -0.39 is 0 Å². The van der Waals surface area contributed by atoms with Crippen molar-refractivity contribution in [3.05, 3.63) is 0 Å². The van der Waals surface area contributed by atoms with E-state index in [-0.39, 0.29) is 36.4 Å². The Hall–Kier alpha value is -0.850. The third-order valence-electron chi connectivity index (χ3n) is 4.53. The number of carbonyl (C=O) groups excluding carboxylic acids is 2. The molecular weight excluding hydrogens is 304 g/mol. The molecule has 7 heteroatoms. The Kier molecular flexibility index (Phi) is 8.14. The number of halogens is 1. The zero-order valence-corrected chi connectivity index (χ0v) is 14.4. The van der Waals surface area contributed by atoms with Crippen LogP contribution in [0.4, 0.5) is 4.79 Å². The highest BCUT2D eigenvalue weighted by Gasteiger charge is 2.28. The third kappa shape index (κ3) is 6.10. The number of nitrogens with zero attached hydrogens (tertiary/aromatic N) is 1. The van der Waals surface area contributed by atoms with Gasteiger partial charge in [-0.15, -0.1) is 12.4 Å². The molecule has 0 aromatic carbocycles. The number of hydrogen-bond donors (Lipinski definition) is 3. The lowest BCUT2D eigenvalue weighted by Gasteiger charge is -2.35. The van der Waals surface area contributed by atoms with Crippen LogP contribution in [0.1, 0.15) is 39.0 Å². The van der Waals surface area contributed by atoms with E-state index in [1.165, 1.54) is 6.42 Å². The van der Waals surface area contributed by atoms with Crippen LogP contribution in [0.25, 0.3) is 0 Å². The fourth-order valence-electron chi connectivity index (χ4n) is 2.81. The highest BCUT2D eigenvalue weighted by atomic mass is 35.5. The molecule has 2 aliphatic rings. The molecule has 2 rings (SSSR count). The van der Waals surface area contributed by atoms with Crippen LogP contribution < -0.4 is 16.0 Å². The zero-order valence-electron chi connectivity index (χ0n) is 13.6. The summed E-state index contributed by atoms with van der Waals surface area (Å²) in [5.41, 5.74) is 0. The van der Waals surface area contributed by atoms with Crippen molar-refractivity contribution in [2.45, 2.75) is 51.1 Å². The first kappa shape index (κ1) is 19.2. The molecule has 128 valence electrons. The molecule has 1 unspecified atom stereocenters. The van der Waals surface area contributed by atoms with E-state index in [1.54, 1.807) is 0 Å². The number of nitrogens with one attached hydrogen (secondary N) is 3. The Balaban J connectivity index is 0.00000242. The summed E-state index contributed by atoms with van der Waals surface area (Å²) in [4.78, 5) is 25.9. The van der Waals surface area contributed by atoms with Crippen molar-refractivity contribution in [3.8, 4) is 0 Å². The molecule has 0 radical (unpaired) electrons. The lowest BCUT2D eigenvalue weighted by atomic mass is 9.93. The molecule has 1 heterocycles. The van der Waals surface area contributed by atoms with Crippen molar-refractivity contribution in [3.63, 3.8) is 0 Å². The van der Waals surface area contributed by atoms with Gasteiger partial charge in [-0.25, -0.2) is 4.79 Å². The lowest BCUT2D eigenvalue weighted by Crippen LogP contribution is -2.51. The molecule has 1 aliphatic carbocycles. The minimum atomic E-state index is -0.349. The van der Waals surface area contributed by atoms with Crippen molar-refractivity contribution in [1.82, 2.24) is 20.9 Å². The molecule has 1 saturated heterocycles. The second-order valence-electron chi connectivity index (χ2n) is 6.28. The normalized spacial score (nSPS) is 20.8. The quantitative estimate of drug-likeness (QED) is 0.681. The summed E-state index contributed by atoms with van der Waals surface area (Å²) in [5, 5.41) is 8.42. The number of imide groups is 1. The van der Waals surface area contributed by atoms with Gasteiger partial charge in [-0.2, -0.15) is 0 Å². The average Bonchev–Trinajstić information content (AvgIpc) is 3.28. The van der Waals surface area contributed by atoms with E-state index in [0.29, 0.717) is 0 Å². The van der Waals surface area contributed by atoms with E-state index in [1.807, 2.05) is 14.0 Å². The Morgan fingerprint density at radius 3 is 2.36 bits per heavy atom. The van der Waals surface area contributed by atoms with Gasteiger partial charge in [0.1, 0.15) is 0 Å². The van der Waals surface area contributed by atoms with Crippen molar-refractivity contribution >= 4 is 24.3 Å². The SMILES string of the molecule is CNCCC1CCN(C(C)C(=O)NC(=O)NC2CC2)CC1.Cl. The van der Waals surface area contributed by atoms with E-state index in [0.717, 1.165) is 51.2 Å². The van der Waals surface area contributed by atoms with E-state index in [2.05, 4.69) is 20.9 Å². The van der Waals surface area contributed by atoms with Gasteiger partial charge < -0.3 is 10.6 Å². The first-order chi connectivity index (χ1) is 10.1. The second-order valence-corrected chi connectivity index (χ2v) is 6.28. The highest BCUT2D eigenvalue weighted by molar-refractivity contribution is 5.97. The molecule has 22 heavy (non-hydrogen) atoms. The van der Waals surface area contributed by atoms with Crippen LogP contribution in [-0.4, -0.2) is 55.6 Å². The van der Waals surface area contributed by atoms with Crippen LogP contribution in [0.3, 0.4) is 0 Å². The molecule has 6 nitrogen and oxygen atoms in total. The van der Waals surface area contributed by atoms with Crippen molar-refractivity contribution in [1.29, 1.82) is 0 Å². The standard InChI is InChI=1S/C15H28N4O2.ClH/c1-11(14(20)18-15(21)17-13-3-4-13)19-9-6-12(7-10-19)5-8-16-2;/h11-13,16H,3-10H2,1-2H3,(H2,17,18,20,21);1H. The highest BCUT2D eigenvalue weighted by Crippen LogP contribution is 2.21. The van der Waals surface area contributed by atoms with Gasteiger partial charge in [-0.3, -0.25) is 15.0 Å². The maximum atomic E-state index is 12.1. The minimum Gasteiger partial charge on any atom is -0.335 e. The van der Waals surface area contributed by atoms with Crippen LogP contribution in [0.5, 0.6) is 0 Å². The number of carbonyl (C=O) groups is 2. The van der Waals surface area contributed by atoms with Gasteiger partial charge in [0.2, 0.25) is 5.91 Å². The van der Waals surface area contributed by atoms with Crippen LogP contribution in [0.2, 0.25) is 0 Å². The average molecular weight is 333 g/mol. The van der Waals surface area contributed by atoms with Crippen LogP contribution in [-0.2, 0) is 4.79 Å². The van der Waals surface area contributed by atoms with Crippen LogP contribution >= 0.6 is 12.4 Å². The second kappa shape index (κ2) is 9.33. The maximum absolute atomic E-state index is 12.1.